The van der Waals surface area contributed by atoms with Gasteiger partial charge in [0.05, 0.1) is 11.6 Å². The summed E-state index contributed by atoms with van der Waals surface area (Å²) in [5, 5.41) is 0. The number of methoxy groups -OCH3 is 1. The Bertz CT molecular complexity index is 368. The highest BCUT2D eigenvalue weighted by Crippen LogP contribution is 2.28. The number of nitrogens with two attached hydrogens (primary N) is 2. The van der Waals surface area contributed by atoms with Crippen LogP contribution in [0.5, 0.6) is 5.75 Å². The summed E-state index contributed by atoms with van der Waals surface area (Å²) >= 11 is 3.35. The van der Waals surface area contributed by atoms with Crippen molar-refractivity contribution in [2.75, 3.05) is 7.11 Å². The van der Waals surface area contributed by atoms with E-state index < -0.39 is 5.91 Å². The van der Waals surface area contributed by atoms with E-state index in [-0.39, 0.29) is 12.5 Å². The molecule has 0 aliphatic heterocycles. The van der Waals surface area contributed by atoms with Gasteiger partial charge in [-0.3, -0.25) is 4.79 Å². The lowest BCUT2D eigenvalue weighted by Crippen LogP contribution is -2.20. The summed E-state index contributed by atoms with van der Waals surface area (Å²) in [4.78, 5) is 10.7. The number of carbonyl (C=O) groups is 1. The summed E-state index contributed by atoms with van der Waals surface area (Å²) < 4.78 is 5.89. The third kappa shape index (κ3) is 3.21. The van der Waals surface area contributed by atoms with Crippen molar-refractivity contribution in [2.45, 2.75) is 12.5 Å². The van der Waals surface area contributed by atoms with E-state index in [0.29, 0.717) is 0 Å². The highest BCUT2D eigenvalue weighted by molar-refractivity contribution is 9.10. The second kappa shape index (κ2) is 5.14. The maximum Gasteiger partial charge on any atom is 0.219 e. The first kappa shape index (κ1) is 12.0. The lowest BCUT2D eigenvalue weighted by Gasteiger charge is -2.11. The summed E-state index contributed by atoms with van der Waals surface area (Å²) in [5.41, 5.74) is 11.7. The molecule has 0 aromatic heterocycles. The van der Waals surface area contributed by atoms with Crippen molar-refractivity contribution in [2.24, 2.45) is 11.5 Å². The molecule has 0 spiro atoms. The molecule has 1 atom stereocenters. The molecule has 0 bridgehead atoms. The van der Waals surface area contributed by atoms with Crippen LogP contribution in [0.25, 0.3) is 0 Å². The van der Waals surface area contributed by atoms with E-state index in [4.69, 9.17) is 16.2 Å². The third-order valence-electron chi connectivity index (χ3n) is 2.03. The number of benzene rings is 1. The highest BCUT2D eigenvalue weighted by atomic mass is 79.9. The molecule has 1 rings (SSSR count). The summed E-state index contributed by atoms with van der Waals surface area (Å²) in [6, 6.07) is 5.06. The minimum absolute atomic E-state index is 0.138. The molecule has 0 saturated heterocycles. The molecule has 4 nitrogen and oxygen atoms in total. The van der Waals surface area contributed by atoms with Crippen LogP contribution in [-0.4, -0.2) is 13.0 Å². The number of hydrogen-bond donors (Lipinski definition) is 2. The van der Waals surface area contributed by atoms with Gasteiger partial charge in [-0.25, -0.2) is 0 Å². The molecule has 0 aliphatic carbocycles. The molecule has 1 amide bonds. The Morgan fingerprint density at radius 2 is 2.27 bits per heavy atom. The lowest BCUT2D eigenvalue weighted by molar-refractivity contribution is -0.118. The minimum Gasteiger partial charge on any atom is -0.496 e. The molecule has 5 heteroatoms. The average molecular weight is 273 g/mol. The Hall–Kier alpha value is -1.07. The molecule has 0 aliphatic rings. The standard InChI is InChI=1S/C10H13BrN2O2/c1-15-9-3-2-6(4-7(9)11)8(12)5-10(13)14/h2-4,8H,5,12H2,1H3,(H2,13,14). The van der Waals surface area contributed by atoms with Crippen LogP contribution in [0, 0.1) is 0 Å². The van der Waals surface area contributed by atoms with E-state index in [9.17, 15) is 4.79 Å². The van der Waals surface area contributed by atoms with Gasteiger partial charge in [0.25, 0.3) is 0 Å². The van der Waals surface area contributed by atoms with Crippen LogP contribution in [0.4, 0.5) is 0 Å². The molecule has 1 unspecified atom stereocenters. The molecule has 0 heterocycles. The quantitative estimate of drug-likeness (QED) is 0.868. The Morgan fingerprint density at radius 1 is 1.60 bits per heavy atom. The van der Waals surface area contributed by atoms with Crippen molar-refractivity contribution < 1.29 is 9.53 Å². The van der Waals surface area contributed by atoms with Crippen molar-refractivity contribution in [3.63, 3.8) is 0 Å². The number of rotatable bonds is 4. The Kier molecular flexibility index (Phi) is 4.11. The van der Waals surface area contributed by atoms with Crippen LogP contribution in [-0.2, 0) is 4.79 Å². The number of primary amides is 1. The predicted molar refractivity (Wildman–Crippen MR) is 61.4 cm³/mol. The van der Waals surface area contributed by atoms with Crippen molar-refractivity contribution in [1.29, 1.82) is 0 Å². The maximum atomic E-state index is 10.7. The smallest absolute Gasteiger partial charge is 0.219 e. The van der Waals surface area contributed by atoms with Crippen molar-refractivity contribution in [3.05, 3.63) is 28.2 Å². The first-order valence-electron chi connectivity index (χ1n) is 4.42. The number of amides is 1. The van der Waals surface area contributed by atoms with Crippen LogP contribution in [0.1, 0.15) is 18.0 Å². The van der Waals surface area contributed by atoms with E-state index in [2.05, 4.69) is 15.9 Å². The third-order valence-corrected chi connectivity index (χ3v) is 2.64. The van der Waals surface area contributed by atoms with Crippen molar-refractivity contribution in [1.82, 2.24) is 0 Å². The van der Waals surface area contributed by atoms with E-state index in [1.54, 1.807) is 13.2 Å². The topological polar surface area (TPSA) is 78.3 Å². The second-order valence-electron chi connectivity index (χ2n) is 3.17. The fourth-order valence-corrected chi connectivity index (χ4v) is 1.81. The molecule has 0 fully saturated rings. The normalized spacial score (nSPS) is 12.2. The van der Waals surface area contributed by atoms with Crippen LogP contribution in [0.15, 0.2) is 22.7 Å². The maximum absolute atomic E-state index is 10.7. The summed E-state index contributed by atoms with van der Waals surface area (Å²) in [6.45, 7) is 0. The number of carbonyl (C=O) groups excluding carboxylic acids is 1. The van der Waals surface area contributed by atoms with Gasteiger partial charge in [-0.05, 0) is 33.6 Å². The summed E-state index contributed by atoms with van der Waals surface area (Å²) in [5.74, 6) is 0.319. The molecule has 15 heavy (non-hydrogen) atoms. The van der Waals surface area contributed by atoms with Crippen molar-refractivity contribution >= 4 is 21.8 Å². The highest BCUT2D eigenvalue weighted by Gasteiger charge is 2.11. The molecule has 1 aromatic carbocycles. The molecule has 0 saturated carbocycles. The molecule has 1 aromatic rings. The van der Waals surface area contributed by atoms with Gasteiger partial charge >= 0.3 is 0 Å². The number of halogens is 1. The van der Waals surface area contributed by atoms with Gasteiger partial charge in [0, 0.05) is 12.5 Å². The van der Waals surface area contributed by atoms with Crippen LogP contribution in [0.3, 0.4) is 0 Å². The fourth-order valence-electron chi connectivity index (χ4n) is 1.25. The van der Waals surface area contributed by atoms with E-state index in [1.807, 2.05) is 12.1 Å². The first-order chi connectivity index (χ1) is 7.04. The largest absolute Gasteiger partial charge is 0.496 e. The predicted octanol–water partition coefficient (Wildman–Crippen LogP) is 1.33. The Morgan fingerprint density at radius 3 is 2.73 bits per heavy atom. The zero-order valence-electron chi connectivity index (χ0n) is 8.37. The van der Waals surface area contributed by atoms with Gasteiger partial charge in [-0.2, -0.15) is 0 Å². The SMILES string of the molecule is COc1ccc(C(N)CC(N)=O)cc1Br. The van der Waals surface area contributed by atoms with Gasteiger partial charge in [-0.1, -0.05) is 6.07 Å². The first-order valence-corrected chi connectivity index (χ1v) is 5.21. The summed E-state index contributed by atoms with van der Waals surface area (Å²) in [6.07, 6.45) is 0.138. The molecule has 82 valence electrons. The fraction of sp³-hybridized carbons (Fsp3) is 0.300. The molecular weight excluding hydrogens is 260 g/mol. The number of hydrogen-bond acceptors (Lipinski definition) is 3. The van der Waals surface area contributed by atoms with E-state index >= 15 is 0 Å². The monoisotopic (exact) mass is 272 g/mol. The lowest BCUT2D eigenvalue weighted by atomic mass is 10.0. The van der Waals surface area contributed by atoms with Crippen LogP contribution in [0.2, 0.25) is 0 Å². The number of ether oxygens (including phenoxy) is 1. The average Bonchev–Trinajstić information content (AvgIpc) is 2.16. The Labute approximate surface area is 96.7 Å². The minimum atomic E-state index is -0.408. The van der Waals surface area contributed by atoms with Gasteiger partial charge < -0.3 is 16.2 Å². The van der Waals surface area contributed by atoms with Gasteiger partial charge in [0.2, 0.25) is 5.91 Å². The van der Waals surface area contributed by atoms with Crippen molar-refractivity contribution in [3.8, 4) is 5.75 Å². The zero-order valence-corrected chi connectivity index (χ0v) is 9.95. The Balaban J connectivity index is 2.87. The van der Waals surface area contributed by atoms with Gasteiger partial charge in [0.15, 0.2) is 0 Å². The molecular formula is C10H13BrN2O2. The van der Waals surface area contributed by atoms with E-state index in [0.717, 1.165) is 15.8 Å². The molecule has 4 N–H and O–H groups in total. The van der Waals surface area contributed by atoms with E-state index in [1.165, 1.54) is 0 Å². The van der Waals surface area contributed by atoms with Gasteiger partial charge in [0.1, 0.15) is 5.75 Å². The van der Waals surface area contributed by atoms with Crippen LogP contribution < -0.4 is 16.2 Å². The summed E-state index contributed by atoms with van der Waals surface area (Å²) in [7, 11) is 1.59. The van der Waals surface area contributed by atoms with Gasteiger partial charge in [-0.15, -0.1) is 0 Å². The zero-order chi connectivity index (χ0) is 11.4. The van der Waals surface area contributed by atoms with Crippen LogP contribution >= 0.6 is 15.9 Å². The molecule has 0 radical (unpaired) electrons. The second-order valence-corrected chi connectivity index (χ2v) is 4.03.